The smallest absolute Gasteiger partial charge is 0.318 e. The number of urea groups is 1. The van der Waals surface area contributed by atoms with Gasteiger partial charge in [-0.3, -0.25) is 4.79 Å². The summed E-state index contributed by atoms with van der Waals surface area (Å²) >= 11 is 1.75. The highest BCUT2D eigenvalue weighted by Crippen LogP contribution is 2.43. The van der Waals surface area contributed by atoms with Crippen molar-refractivity contribution in [2.45, 2.75) is 44.4 Å². The van der Waals surface area contributed by atoms with Crippen LogP contribution in [0.25, 0.3) is 0 Å². The molecule has 0 bridgehead atoms. The lowest BCUT2D eigenvalue weighted by molar-refractivity contribution is -0.903. The van der Waals surface area contributed by atoms with Gasteiger partial charge in [-0.1, -0.05) is 24.3 Å². The molecule has 0 unspecified atom stereocenters. The van der Waals surface area contributed by atoms with Crippen LogP contribution in [-0.4, -0.2) is 72.3 Å². The molecule has 0 spiro atoms. The van der Waals surface area contributed by atoms with Crippen molar-refractivity contribution in [3.05, 3.63) is 35.4 Å². The summed E-state index contributed by atoms with van der Waals surface area (Å²) in [6, 6.07) is 8.57. The van der Waals surface area contributed by atoms with E-state index in [0.717, 1.165) is 39.3 Å². The Morgan fingerprint density at radius 1 is 1.29 bits per heavy atom. The zero-order valence-electron chi connectivity index (χ0n) is 17.4. The average molecular weight is 406 g/mol. The van der Waals surface area contributed by atoms with Gasteiger partial charge in [0.15, 0.2) is 0 Å². The van der Waals surface area contributed by atoms with Crippen LogP contribution >= 0.6 is 11.8 Å². The van der Waals surface area contributed by atoms with E-state index in [1.54, 1.807) is 11.8 Å². The summed E-state index contributed by atoms with van der Waals surface area (Å²) in [5, 5.41) is 3.09. The van der Waals surface area contributed by atoms with Crippen LogP contribution in [-0.2, 0) is 4.79 Å². The maximum absolute atomic E-state index is 12.8. The van der Waals surface area contributed by atoms with Gasteiger partial charge < -0.3 is 20.0 Å². The molecule has 2 N–H and O–H groups in total. The number of benzene rings is 1. The molecule has 3 rings (SSSR count). The number of carbonyl (C=O) groups is 2. The van der Waals surface area contributed by atoms with E-state index < -0.39 is 0 Å². The zero-order chi connectivity index (χ0) is 20.3. The minimum absolute atomic E-state index is 0.0104. The highest BCUT2D eigenvalue weighted by atomic mass is 32.2. The lowest BCUT2D eigenvalue weighted by atomic mass is 10.1. The first-order chi connectivity index (χ1) is 13.4. The van der Waals surface area contributed by atoms with Gasteiger partial charge in [-0.05, 0) is 38.8 Å². The van der Waals surface area contributed by atoms with Crippen LogP contribution in [0.2, 0.25) is 0 Å². The van der Waals surface area contributed by atoms with Crippen molar-refractivity contribution in [3.63, 3.8) is 0 Å². The molecule has 3 amide bonds. The lowest BCUT2D eigenvalue weighted by Gasteiger charge is -2.34. The molecule has 154 valence electrons. The zero-order valence-corrected chi connectivity index (χ0v) is 18.2. The summed E-state index contributed by atoms with van der Waals surface area (Å²) in [5.74, 6) is 0.243. The monoisotopic (exact) mass is 405 g/mol. The highest BCUT2D eigenvalue weighted by Gasteiger charge is 2.39. The van der Waals surface area contributed by atoms with Crippen molar-refractivity contribution in [2.24, 2.45) is 0 Å². The van der Waals surface area contributed by atoms with Gasteiger partial charge in [-0.25, -0.2) is 4.79 Å². The van der Waals surface area contributed by atoms with E-state index in [4.69, 9.17) is 0 Å². The van der Waals surface area contributed by atoms with Gasteiger partial charge in [-0.2, -0.15) is 0 Å². The maximum atomic E-state index is 12.8. The van der Waals surface area contributed by atoms with Gasteiger partial charge in [0.25, 0.3) is 0 Å². The Kier molecular flexibility index (Phi) is 6.88. The van der Waals surface area contributed by atoms with E-state index in [1.165, 1.54) is 16.0 Å². The number of aryl methyl sites for hydroxylation is 1. The third-order valence-electron chi connectivity index (χ3n) is 5.58. The molecule has 2 saturated heterocycles. The topological polar surface area (TPSA) is 57.1 Å². The number of hydrogen-bond acceptors (Lipinski definition) is 3. The summed E-state index contributed by atoms with van der Waals surface area (Å²) in [6.45, 7) is 13.2. The molecule has 6 nitrogen and oxygen atoms in total. The fourth-order valence-corrected chi connectivity index (χ4v) is 5.31. The molecule has 0 saturated carbocycles. The minimum Gasteiger partial charge on any atom is -0.336 e. The Balaban J connectivity index is 1.55. The number of rotatable bonds is 5. The molecule has 2 atom stereocenters. The SMILES string of the molecule is Cc1ccccc1[C@@H]1S[C@H](C)C(=O)N1CC[NH+]1CCN(C(=O)NC(C)C)CC1. The number of hydrogen-bond donors (Lipinski definition) is 2. The quantitative estimate of drug-likeness (QED) is 0.776. The second kappa shape index (κ2) is 9.18. The maximum Gasteiger partial charge on any atom is 0.318 e. The van der Waals surface area contributed by atoms with E-state index in [2.05, 4.69) is 35.3 Å². The van der Waals surface area contributed by atoms with E-state index in [1.807, 2.05) is 31.7 Å². The van der Waals surface area contributed by atoms with Crippen LogP contribution in [0.3, 0.4) is 0 Å². The highest BCUT2D eigenvalue weighted by molar-refractivity contribution is 8.01. The second-order valence-corrected chi connectivity index (χ2v) is 9.54. The lowest BCUT2D eigenvalue weighted by Crippen LogP contribution is -3.15. The van der Waals surface area contributed by atoms with E-state index in [0.29, 0.717) is 0 Å². The van der Waals surface area contributed by atoms with E-state index in [9.17, 15) is 9.59 Å². The first kappa shape index (κ1) is 21.0. The van der Waals surface area contributed by atoms with Crippen molar-refractivity contribution >= 4 is 23.7 Å². The summed E-state index contributed by atoms with van der Waals surface area (Å²) in [4.78, 5) is 30.3. The van der Waals surface area contributed by atoms with Gasteiger partial charge in [0.2, 0.25) is 5.91 Å². The molecule has 2 aliphatic rings. The molecule has 1 aromatic carbocycles. The standard InChI is InChI=1S/C21H32N4O2S/c1-15(2)22-21(27)24-12-9-23(10-13-24)11-14-25-19(26)17(4)28-20(25)18-8-6-5-7-16(18)3/h5-8,15,17,20H,9-14H2,1-4H3,(H,22,27)/p+1/t17-,20+/m1/s1. The summed E-state index contributed by atoms with van der Waals surface area (Å²) in [5.41, 5.74) is 2.49. The first-order valence-corrected chi connectivity index (χ1v) is 11.2. The third-order valence-corrected chi connectivity index (χ3v) is 6.95. The number of nitrogens with zero attached hydrogens (tertiary/aromatic N) is 2. The normalized spacial score (nSPS) is 23.5. The van der Waals surface area contributed by atoms with Crippen molar-refractivity contribution in [2.75, 3.05) is 39.3 Å². The first-order valence-electron chi connectivity index (χ1n) is 10.3. The number of carbonyl (C=O) groups excluding carboxylic acids is 2. The molecule has 0 aromatic heterocycles. The second-order valence-electron chi connectivity index (χ2n) is 8.11. The average Bonchev–Trinajstić information content (AvgIpc) is 2.94. The molecular weight excluding hydrogens is 372 g/mol. The molecule has 2 fully saturated rings. The molecule has 2 heterocycles. The van der Waals surface area contributed by atoms with Crippen molar-refractivity contribution in [1.82, 2.24) is 15.1 Å². The van der Waals surface area contributed by atoms with Gasteiger partial charge in [-0.15, -0.1) is 11.8 Å². The van der Waals surface area contributed by atoms with Crippen molar-refractivity contribution < 1.29 is 14.5 Å². The van der Waals surface area contributed by atoms with E-state index >= 15 is 0 Å². The predicted octanol–water partition coefficient (Wildman–Crippen LogP) is 1.28. The number of quaternary nitrogens is 1. The Labute approximate surface area is 172 Å². The van der Waals surface area contributed by atoms with Crippen LogP contribution < -0.4 is 10.2 Å². The number of nitrogens with one attached hydrogen (secondary N) is 2. The number of thioether (sulfide) groups is 1. The predicted molar refractivity (Wildman–Crippen MR) is 113 cm³/mol. The van der Waals surface area contributed by atoms with Gasteiger partial charge in [0.05, 0.1) is 44.5 Å². The van der Waals surface area contributed by atoms with Crippen LogP contribution in [0, 0.1) is 6.92 Å². The van der Waals surface area contributed by atoms with Gasteiger partial charge in [0.1, 0.15) is 5.37 Å². The largest absolute Gasteiger partial charge is 0.336 e. The minimum atomic E-state index is 0.0104. The van der Waals surface area contributed by atoms with Crippen molar-refractivity contribution in [1.29, 1.82) is 0 Å². The Morgan fingerprint density at radius 2 is 1.96 bits per heavy atom. The molecule has 0 radical (unpaired) electrons. The third kappa shape index (κ3) is 4.81. The molecule has 1 aromatic rings. The molecule has 28 heavy (non-hydrogen) atoms. The number of piperazine rings is 1. The van der Waals surface area contributed by atoms with Crippen LogP contribution in [0.5, 0.6) is 0 Å². The molecule has 2 aliphatic heterocycles. The van der Waals surface area contributed by atoms with Crippen LogP contribution in [0.4, 0.5) is 4.79 Å². The summed E-state index contributed by atoms with van der Waals surface area (Å²) in [7, 11) is 0. The fourth-order valence-electron chi connectivity index (χ4n) is 3.90. The molecular formula is C21H33N4O2S+. The molecule has 7 heteroatoms. The van der Waals surface area contributed by atoms with E-state index in [-0.39, 0.29) is 28.6 Å². The van der Waals surface area contributed by atoms with Crippen LogP contribution in [0.15, 0.2) is 24.3 Å². The Bertz CT molecular complexity index is 703. The fraction of sp³-hybridized carbons (Fsp3) is 0.619. The summed E-state index contributed by atoms with van der Waals surface area (Å²) in [6.07, 6.45) is 0. The molecule has 0 aliphatic carbocycles. The summed E-state index contributed by atoms with van der Waals surface area (Å²) < 4.78 is 0. The number of amides is 3. The van der Waals surface area contributed by atoms with Crippen molar-refractivity contribution in [3.8, 4) is 0 Å². The Morgan fingerprint density at radius 3 is 2.61 bits per heavy atom. The van der Waals surface area contributed by atoms with Gasteiger partial charge in [0, 0.05) is 6.04 Å². The Hall–Kier alpha value is -1.73. The van der Waals surface area contributed by atoms with Crippen LogP contribution in [0.1, 0.15) is 37.3 Å². The van der Waals surface area contributed by atoms with Gasteiger partial charge >= 0.3 is 6.03 Å².